The third-order valence-electron chi connectivity index (χ3n) is 7.82. The van der Waals surface area contributed by atoms with Gasteiger partial charge in [-0.3, -0.25) is 9.69 Å². The normalized spacial score (nSPS) is 35.9. The first-order valence-corrected chi connectivity index (χ1v) is 14.3. The lowest BCUT2D eigenvalue weighted by Gasteiger charge is -2.45. The van der Waals surface area contributed by atoms with E-state index in [2.05, 4.69) is 22.5 Å². The third kappa shape index (κ3) is 6.83. The molecule has 0 aromatic carbocycles. The summed E-state index contributed by atoms with van der Waals surface area (Å²) in [4.78, 5) is 32.4. The number of thioether (sulfide) groups is 1. The zero-order chi connectivity index (χ0) is 26.6. The first kappa shape index (κ1) is 29.4. The number of nitrogens with zero attached hydrogens (tertiary/aromatic N) is 3. The summed E-state index contributed by atoms with van der Waals surface area (Å²) in [5.74, 6) is 0.247. The number of hydrogen-bond acceptors (Lipinski definition) is 9. The summed E-state index contributed by atoms with van der Waals surface area (Å²) in [6.45, 7) is 7.49. The molecule has 11 nitrogen and oxygen atoms in total. The Hall–Kier alpha value is -1.15. The Kier molecular flexibility index (Phi) is 10.7. The van der Waals surface area contributed by atoms with Crippen molar-refractivity contribution < 1.29 is 29.6 Å². The fourth-order valence-corrected chi connectivity index (χ4v) is 6.21. The molecule has 3 aliphatic rings. The van der Waals surface area contributed by atoms with Crippen LogP contribution in [0.2, 0.25) is 0 Å². The van der Waals surface area contributed by atoms with Crippen LogP contribution in [-0.2, 0) is 9.53 Å². The second kappa shape index (κ2) is 13.1. The van der Waals surface area contributed by atoms with E-state index in [1.54, 1.807) is 18.1 Å². The highest BCUT2D eigenvalue weighted by Crippen LogP contribution is 2.30. The van der Waals surface area contributed by atoms with Crippen LogP contribution in [0.15, 0.2) is 0 Å². The number of ether oxygens (including phenoxy) is 1. The zero-order valence-electron chi connectivity index (χ0n) is 22.2. The molecule has 9 atom stereocenters. The molecule has 0 aromatic rings. The van der Waals surface area contributed by atoms with Crippen LogP contribution < -0.4 is 10.6 Å². The molecular weight excluding hydrogens is 486 g/mol. The smallest absolute Gasteiger partial charge is 0.317 e. The first-order chi connectivity index (χ1) is 17.1. The van der Waals surface area contributed by atoms with Crippen molar-refractivity contribution in [3.8, 4) is 0 Å². The van der Waals surface area contributed by atoms with Crippen molar-refractivity contribution in [1.82, 2.24) is 25.3 Å². The number of aliphatic hydroxyl groups excluding tert-OH is 3. The summed E-state index contributed by atoms with van der Waals surface area (Å²) in [5, 5.41) is 37.7. The van der Waals surface area contributed by atoms with Crippen LogP contribution in [0.1, 0.15) is 33.1 Å². The predicted molar refractivity (Wildman–Crippen MR) is 139 cm³/mol. The van der Waals surface area contributed by atoms with E-state index in [9.17, 15) is 24.9 Å². The number of aliphatic hydroxyl groups is 3. The van der Waals surface area contributed by atoms with E-state index < -0.39 is 41.9 Å². The Labute approximate surface area is 218 Å². The van der Waals surface area contributed by atoms with Gasteiger partial charge in [0.1, 0.15) is 29.9 Å². The SMILES string of the molecule is CCCC1CC(C(=O)NC(C(C)NC(=O)N2CCN(C)CC2)[C@H]2O[C@H](SC)[C@H](O)[C@@H](O)[C@H]2O)N(C)C1. The number of likely N-dealkylation sites (N-methyl/N-ethyl adjacent to an activating group) is 2. The third-order valence-corrected chi connectivity index (χ3v) is 8.67. The molecule has 36 heavy (non-hydrogen) atoms. The lowest BCUT2D eigenvalue weighted by molar-refractivity contribution is -0.206. The minimum Gasteiger partial charge on any atom is -0.388 e. The monoisotopic (exact) mass is 531 g/mol. The first-order valence-electron chi connectivity index (χ1n) is 13.0. The van der Waals surface area contributed by atoms with Crippen molar-refractivity contribution in [2.75, 3.05) is 53.1 Å². The predicted octanol–water partition coefficient (Wildman–Crippen LogP) is -0.892. The fourth-order valence-electron chi connectivity index (χ4n) is 5.53. The van der Waals surface area contributed by atoms with Crippen LogP contribution in [-0.4, -0.2) is 143 Å². The number of rotatable bonds is 8. The number of amides is 3. The Balaban J connectivity index is 1.77. The number of likely N-dealkylation sites (tertiary alicyclic amines) is 1. The molecule has 3 aliphatic heterocycles. The topological polar surface area (TPSA) is 138 Å². The van der Waals surface area contributed by atoms with Crippen molar-refractivity contribution in [2.45, 2.75) is 81.1 Å². The lowest BCUT2D eigenvalue weighted by Crippen LogP contribution is -2.68. The number of hydrogen-bond donors (Lipinski definition) is 5. The van der Waals surface area contributed by atoms with Crippen LogP contribution in [0.25, 0.3) is 0 Å². The molecule has 4 unspecified atom stereocenters. The van der Waals surface area contributed by atoms with E-state index in [1.165, 1.54) is 11.8 Å². The van der Waals surface area contributed by atoms with Gasteiger partial charge >= 0.3 is 6.03 Å². The van der Waals surface area contributed by atoms with E-state index in [0.29, 0.717) is 19.0 Å². The van der Waals surface area contributed by atoms with Crippen LogP contribution in [0.4, 0.5) is 4.79 Å². The van der Waals surface area contributed by atoms with E-state index >= 15 is 0 Å². The summed E-state index contributed by atoms with van der Waals surface area (Å²) < 4.78 is 6.01. The minimum absolute atomic E-state index is 0.195. The van der Waals surface area contributed by atoms with Gasteiger partial charge in [0.05, 0.1) is 18.1 Å². The highest BCUT2D eigenvalue weighted by Gasteiger charge is 2.49. The molecule has 0 saturated carbocycles. The highest BCUT2D eigenvalue weighted by molar-refractivity contribution is 7.99. The molecule has 3 rings (SSSR count). The Morgan fingerprint density at radius 2 is 1.72 bits per heavy atom. The molecule has 0 radical (unpaired) electrons. The van der Waals surface area contributed by atoms with Gasteiger partial charge in [0.2, 0.25) is 5.91 Å². The quantitative estimate of drug-likeness (QED) is 0.270. The summed E-state index contributed by atoms with van der Waals surface area (Å²) >= 11 is 1.22. The van der Waals surface area contributed by atoms with Crippen molar-refractivity contribution in [1.29, 1.82) is 0 Å². The Bertz CT molecular complexity index is 740. The molecular formula is C24H45N5O6S. The summed E-state index contributed by atoms with van der Waals surface area (Å²) in [7, 11) is 3.95. The van der Waals surface area contributed by atoms with E-state index in [4.69, 9.17) is 4.74 Å². The standard InChI is InChI=1S/C24H45N5O6S/c1-6-7-15-12-16(28(4)13-15)22(33)26-17(21-19(31)18(30)20(32)23(35-21)36-5)14(2)25-24(34)29-10-8-27(3)9-11-29/h14-21,23,30-32H,6-13H2,1-5H3,(H,25,34)(H,26,33)/t14?,15?,16?,17?,18-,19+,20+,21+,23+/m0/s1. The molecule has 5 N–H and O–H groups in total. The maximum Gasteiger partial charge on any atom is 0.317 e. The van der Waals surface area contributed by atoms with Crippen molar-refractivity contribution in [3.63, 3.8) is 0 Å². The maximum atomic E-state index is 13.5. The number of nitrogens with one attached hydrogen (secondary N) is 2. The second-order valence-electron chi connectivity index (χ2n) is 10.6. The van der Waals surface area contributed by atoms with Gasteiger partial charge in [0, 0.05) is 32.7 Å². The number of carbonyl (C=O) groups excluding carboxylic acids is 2. The lowest BCUT2D eigenvalue weighted by atomic mass is 9.90. The zero-order valence-corrected chi connectivity index (χ0v) is 23.0. The van der Waals surface area contributed by atoms with Crippen molar-refractivity contribution in [2.24, 2.45) is 5.92 Å². The molecule has 0 aliphatic carbocycles. The van der Waals surface area contributed by atoms with E-state index in [-0.39, 0.29) is 18.0 Å². The van der Waals surface area contributed by atoms with Gasteiger partial charge in [-0.25, -0.2) is 4.79 Å². The Morgan fingerprint density at radius 1 is 1.06 bits per heavy atom. The average Bonchev–Trinajstić information content (AvgIpc) is 3.22. The molecule has 0 aromatic heterocycles. The second-order valence-corrected chi connectivity index (χ2v) is 11.5. The van der Waals surface area contributed by atoms with Gasteiger partial charge in [-0.2, -0.15) is 0 Å². The van der Waals surface area contributed by atoms with Crippen molar-refractivity contribution in [3.05, 3.63) is 0 Å². The number of urea groups is 1. The van der Waals surface area contributed by atoms with E-state index in [1.807, 2.05) is 19.0 Å². The minimum atomic E-state index is -1.44. The van der Waals surface area contributed by atoms with Gasteiger partial charge in [0.25, 0.3) is 0 Å². The highest BCUT2D eigenvalue weighted by atomic mass is 32.2. The molecule has 3 heterocycles. The van der Waals surface area contributed by atoms with Gasteiger partial charge in [-0.05, 0) is 46.0 Å². The number of carbonyl (C=O) groups is 2. The van der Waals surface area contributed by atoms with Crippen LogP contribution in [0.3, 0.4) is 0 Å². The van der Waals surface area contributed by atoms with E-state index in [0.717, 1.165) is 38.9 Å². The largest absolute Gasteiger partial charge is 0.388 e. The molecule has 3 amide bonds. The summed E-state index contributed by atoms with van der Waals surface area (Å²) in [6, 6.07) is -2.00. The molecule has 208 valence electrons. The molecule has 0 bridgehead atoms. The molecule has 12 heteroatoms. The van der Waals surface area contributed by atoms with Crippen LogP contribution in [0, 0.1) is 5.92 Å². The Morgan fingerprint density at radius 3 is 2.33 bits per heavy atom. The molecule has 3 fully saturated rings. The average molecular weight is 532 g/mol. The van der Waals surface area contributed by atoms with Gasteiger partial charge in [-0.15, -0.1) is 11.8 Å². The van der Waals surface area contributed by atoms with Gasteiger partial charge < -0.3 is 40.5 Å². The fraction of sp³-hybridized carbons (Fsp3) is 0.917. The molecule has 0 spiro atoms. The molecule has 3 saturated heterocycles. The van der Waals surface area contributed by atoms with Gasteiger partial charge in [0.15, 0.2) is 0 Å². The van der Waals surface area contributed by atoms with Crippen LogP contribution in [0.5, 0.6) is 0 Å². The van der Waals surface area contributed by atoms with Crippen molar-refractivity contribution >= 4 is 23.7 Å². The van der Waals surface area contributed by atoms with Crippen LogP contribution >= 0.6 is 11.8 Å². The van der Waals surface area contributed by atoms with Gasteiger partial charge in [-0.1, -0.05) is 13.3 Å². The maximum absolute atomic E-state index is 13.5. The summed E-state index contributed by atoms with van der Waals surface area (Å²) in [5.41, 5.74) is -0.781. The number of piperazine rings is 1. The summed E-state index contributed by atoms with van der Waals surface area (Å²) in [6.07, 6.45) is -0.576.